The summed E-state index contributed by atoms with van der Waals surface area (Å²) < 4.78 is 1.85. The van der Waals surface area contributed by atoms with Crippen LogP contribution in [0.25, 0.3) is 5.69 Å². The van der Waals surface area contributed by atoms with Crippen LogP contribution in [0.1, 0.15) is 23.0 Å². The first-order valence-corrected chi connectivity index (χ1v) is 4.93. The molecule has 0 aliphatic rings. The quantitative estimate of drug-likeness (QED) is 0.712. The lowest BCUT2D eigenvalue weighted by molar-refractivity contribution is 0.112. The Kier molecular flexibility index (Phi) is 2.63. The van der Waals surface area contributed by atoms with Gasteiger partial charge in [0.1, 0.15) is 6.29 Å². The molecule has 0 aliphatic carbocycles. The fourth-order valence-corrected chi connectivity index (χ4v) is 1.56. The van der Waals surface area contributed by atoms with Crippen molar-refractivity contribution in [2.75, 3.05) is 0 Å². The summed E-state index contributed by atoms with van der Waals surface area (Å²) in [6.07, 6.45) is 3.54. The molecule has 0 amide bonds. The predicted octanol–water partition coefficient (Wildman–Crippen LogP) is 2.25. The normalized spacial score (nSPS) is 10.2. The van der Waals surface area contributed by atoms with E-state index in [1.807, 2.05) is 28.9 Å². The molecule has 2 aromatic rings. The molecule has 0 unspecified atom stereocenters. The molecule has 1 aromatic heterocycles. The molecular weight excluding hydrogens is 188 g/mol. The van der Waals surface area contributed by atoms with Crippen molar-refractivity contribution in [3.05, 3.63) is 47.8 Å². The number of carbonyl (C=O) groups is 1. The first-order chi connectivity index (χ1) is 7.35. The number of carbonyl (C=O) groups excluding carboxylic acids is 1. The van der Waals surface area contributed by atoms with Gasteiger partial charge in [-0.3, -0.25) is 4.79 Å². The molecular formula is C12H12N2O. The van der Waals surface area contributed by atoms with Crippen LogP contribution in [0.4, 0.5) is 0 Å². The van der Waals surface area contributed by atoms with Gasteiger partial charge < -0.3 is 0 Å². The maximum atomic E-state index is 10.7. The van der Waals surface area contributed by atoms with Crippen LogP contribution in [-0.2, 0) is 6.42 Å². The van der Waals surface area contributed by atoms with E-state index in [-0.39, 0.29) is 0 Å². The van der Waals surface area contributed by atoms with Crippen molar-refractivity contribution in [1.82, 2.24) is 9.78 Å². The number of aldehydes is 1. The van der Waals surface area contributed by atoms with Crippen LogP contribution in [0.2, 0.25) is 0 Å². The first kappa shape index (κ1) is 9.65. The number of nitrogens with zero attached hydrogens (tertiary/aromatic N) is 2. The van der Waals surface area contributed by atoms with Crippen molar-refractivity contribution in [3.8, 4) is 5.69 Å². The highest BCUT2D eigenvalue weighted by Gasteiger charge is 2.02. The summed E-state index contributed by atoms with van der Waals surface area (Å²) in [7, 11) is 0. The number of benzene rings is 1. The summed E-state index contributed by atoms with van der Waals surface area (Å²) in [5.74, 6) is 0. The Bertz CT molecular complexity index is 474. The largest absolute Gasteiger partial charge is 0.298 e. The van der Waals surface area contributed by atoms with Gasteiger partial charge in [0.25, 0.3) is 0 Å². The molecule has 0 N–H and O–H groups in total. The van der Waals surface area contributed by atoms with Crippen LogP contribution in [0.5, 0.6) is 0 Å². The van der Waals surface area contributed by atoms with Gasteiger partial charge in [0.2, 0.25) is 0 Å². The van der Waals surface area contributed by atoms with E-state index in [0.29, 0.717) is 5.56 Å². The Balaban J connectivity index is 2.48. The van der Waals surface area contributed by atoms with Gasteiger partial charge in [-0.05, 0) is 24.6 Å². The van der Waals surface area contributed by atoms with E-state index in [1.165, 1.54) is 0 Å². The van der Waals surface area contributed by atoms with Gasteiger partial charge in [-0.2, -0.15) is 5.10 Å². The van der Waals surface area contributed by atoms with Gasteiger partial charge in [0.15, 0.2) is 0 Å². The minimum atomic E-state index is 0.671. The molecule has 0 radical (unpaired) electrons. The van der Waals surface area contributed by atoms with Crippen LogP contribution < -0.4 is 0 Å². The molecule has 0 saturated heterocycles. The summed E-state index contributed by atoms with van der Waals surface area (Å²) in [6.45, 7) is 2.08. The fourth-order valence-electron chi connectivity index (χ4n) is 1.56. The number of aryl methyl sites for hydroxylation is 1. The average molecular weight is 200 g/mol. The zero-order chi connectivity index (χ0) is 10.7. The van der Waals surface area contributed by atoms with E-state index in [2.05, 4.69) is 12.0 Å². The molecule has 0 spiro atoms. The maximum absolute atomic E-state index is 10.7. The fraction of sp³-hybridized carbons (Fsp3) is 0.167. The first-order valence-electron chi connectivity index (χ1n) is 4.93. The topological polar surface area (TPSA) is 34.9 Å². The Morgan fingerprint density at radius 3 is 3.00 bits per heavy atom. The zero-order valence-electron chi connectivity index (χ0n) is 8.55. The SMILES string of the molecule is CCc1ccnn1-c1cccc(C=O)c1. The molecule has 0 bridgehead atoms. The second kappa shape index (κ2) is 4.09. The van der Waals surface area contributed by atoms with Crippen molar-refractivity contribution in [2.24, 2.45) is 0 Å². The van der Waals surface area contributed by atoms with E-state index in [9.17, 15) is 4.79 Å². The summed E-state index contributed by atoms with van der Waals surface area (Å²) in [4.78, 5) is 10.7. The van der Waals surface area contributed by atoms with Gasteiger partial charge in [0, 0.05) is 17.5 Å². The molecule has 0 aliphatic heterocycles. The van der Waals surface area contributed by atoms with Crippen molar-refractivity contribution in [1.29, 1.82) is 0 Å². The Morgan fingerprint density at radius 1 is 1.40 bits per heavy atom. The standard InChI is InChI=1S/C12H12N2O/c1-2-11-6-7-13-14(11)12-5-3-4-10(8-12)9-15/h3-9H,2H2,1H3. The molecule has 0 fully saturated rings. The lowest BCUT2D eigenvalue weighted by Gasteiger charge is -2.05. The highest BCUT2D eigenvalue weighted by atomic mass is 16.1. The van der Waals surface area contributed by atoms with E-state index >= 15 is 0 Å². The minimum absolute atomic E-state index is 0.671. The van der Waals surface area contributed by atoms with E-state index < -0.39 is 0 Å². The maximum Gasteiger partial charge on any atom is 0.150 e. The number of hydrogen-bond donors (Lipinski definition) is 0. The monoisotopic (exact) mass is 200 g/mol. The molecule has 76 valence electrons. The summed E-state index contributed by atoms with van der Waals surface area (Å²) in [6, 6.07) is 9.40. The molecule has 2 rings (SSSR count). The summed E-state index contributed by atoms with van der Waals surface area (Å²) >= 11 is 0. The van der Waals surface area contributed by atoms with Crippen LogP contribution >= 0.6 is 0 Å². The van der Waals surface area contributed by atoms with Crippen LogP contribution in [0, 0.1) is 0 Å². The van der Waals surface area contributed by atoms with Gasteiger partial charge in [-0.25, -0.2) is 4.68 Å². The third-order valence-electron chi connectivity index (χ3n) is 2.33. The Labute approximate surface area is 88.4 Å². The predicted molar refractivity (Wildman–Crippen MR) is 58.3 cm³/mol. The molecule has 3 nitrogen and oxygen atoms in total. The summed E-state index contributed by atoms with van der Waals surface area (Å²) in [5, 5.41) is 4.23. The van der Waals surface area contributed by atoms with Crippen molar-refractivity contribution in [3.63, 3.8) is 0 Å². The molecule has 1 aromatic carbocycles. The highest BCUT2D eigenvalue weighted by molar-refractivity contribution is 5.75. The lowest BCUT2D eigenvalue weighted by Crippen LogP contribution is -2.01. The van der Waals surface area contributed by atoms with Gasteiger partial charge in [0.05, 0.1) is 5.69 Å². The molecule has 1 heterocycles. The van der Waals surface area contributed by atoms with Gasteiger partial charge in [-0.1, -0.05) is 19.1 Å². The zero-order valence-corrected chi connectivity index (χ0v) is 8.55. The van der Waals surface area contributed by atoms with Crippen molar-refractivity contribution < 1.29 is 4.79 Å². The smallest absolute Gasteiger partial charge is 0.150 e. The lowest BCUT2D eigenvalue weighted by atomic mass is 10.2. The minimum Gasteiger partial charge on any atom is -0.298 e. The molecule has 0 atom stereocenters. The Morgan fingerprint density at radius 2 is 2.27 bits per heavy atom. The number of hydrogen-bond acceptors (Lipinski definition) is 2. The van der Waals surface area contributed by atoms with E-state index in [4.69, 9.17) is 0 Å². The molecule has 3 heteroatoms. The number of aromatic nitrogens is 2. The third kappa shape index (κ3) is 1.81. The van der Waals surface area contributed by atoms with Crippen LogP contribution in [0.15, 0.2) is 36.5 Å². The van der Waals surface area contributed by atoms with Gasteiger partial charge in [-0.15, -0.1) is 0 Å². The second-order valence-corrected chi connectivity index (χ2v) is 3.30. The highest BCUT2D eigenvalue weighted by Crippen LogP contribution is 2.12. The van der Waals surface area contributed by atoms with E-state index in [0.717, 1.165) is 24.1 Å². The third-order valence-corrected chi connectivity index (χ3v) is 2.33. The molecule has 15 heavy (non-hydrogen) atoms. The Hall–Kier alpha value is -1.90. The number of rotatable bonds is 3. The van der Waals surface area contributed by atoms with Gasteiger partial charge >= 0.3 is 0 Å². The van der Waals surface area contributed by atoms with Crippen LogP contribution in [0.3, 0.4) is 0 Å². The van der Waals surface area contributed by atoms with Crippen molar-refractivity contribution >= 4 is 6.29 Å². The summed E-state index contributed by atoms with van der Waals surface area (Å²) in [5.41, 5.74) is 2.74. The second-order valence-electron chi connectivity index (χ2n) is 3.30. The van der Waals surface area contributed by atoms with E-state index in [1.54, 1.807) is 12.3 Å². The van der Waals surface area contributed by atoms with Crippen molar-refractivity contribution in [2.45, 2.75) is 13.3 Å². The molecule has 0 saturated carbocycles. The van der Waals surface area contributed by atoms with Crippen LogP contribution in [-0.4, -0.2) is 16.1 Å². The average Bonchev–Trinajstić information content (AvgIpc) is 2.77.